The van der Waals surface area contributed by atoms with E-state index in [1.165, 1.54) is 11.0 Å². The zero-order valence-corrected chi connectivity index (χ0v) is 18.9. The van der Waals surface area contributed by atoms with Crippen LogP contribution in [0.1, 0.15) is 76.7 Å². The summed E-state index contributed by atoms with van der Waals surface area (Å²) in [5, 5.41) is 3.46. The number of amides is 1. The maximum absolute atomic E-state index is 14.0. The van der Waals surface area contributed by atoms with Crippen molar-refractivity contribution in [3.8, 4) is 0 Å². The molecule has 0 unspecified atom stereocenters. The molecule has 31 heavy (non-hydrogen) atoms. The lowest BCUT2D eigenvalue weighted by molar-refractivity contribution is 0.00578. The molecule has 2 heterocycles. The highest BCUT2D eigenvalue weighted by Gasteiger charge is 2.51. The van der Waals surface area contributed by atoms with Crippen molar-refractivity contribution < 1.29 is 27.4 Å². The fraction of sp³-hybridized carbons (Fsp3) is 0.571. The highest BCUT2D eigenvalue weighted by molar-refractivity contribution is 6.62. The van der Waals surface area contributed by atoms with E-state index in [1.54, 1.807) is 12.1 Å². The van der Waals surface area contributed by atoms with Crippen molar-refractivity contribution in [2.45, 2.75) is 78.2 Å². The lowest BCUT2D eigenvalue weighted by atomic mass is 9.77. The average Bonchev–Trinajstić information content (AvgIpc) is 3.24. The number of carbonyl (C=O) groups is 1. The summed E-state index contributed by atoms with van der Waals surface area (Å²) in [7, 11) is -0.754. The summed E-state index contributed by atoms with van der Waals surface area (Å²) >= 11 is 0. The largest absolute Gasteiger partial charge is 0.494 e. The molecule has 1 aliphatic heterocycles. The van der Waals surface area contributed by atoms with Crippen LogP contribution in [-0.4, -0.2) is 44.8 Å². The Morgan fingerprint density at radius 1 is 1.16 bits per heavy atom. The quantitative estimate of drug-likeness (QED) is 0.666. The Bertz CT molecular complexity index is 927. The number of benzene rings is 1. The summed E-state index contributed by atoms with van der Waals surface area (Å²) in [5.41, 5.74) is -1.20. The Morgan fingerprint density at radius 2 is 1.77 bits per heavy atom. The summed E-state index contributed by atoms with van der Waals surface area (Å²) in [6, 6.07) is 4.67. The Labute approximate surface area is 181 Å². The fourth-order valence-electron chi connectivity index (χ4n) is 3.25. The number of nitrogens with zero attached hydrogens (tertiary/aromatic N) is 3. The van der Waals surface area contributed by atoms with Gasteiger partial charge in [0.05, 0.1) is 11.2 Å². The maximum atomic E-state index is 14.0. The van der Waals surface area contributed by atoms with Crippen LogP contribution in [0.5, 0.6) is 0 Å². The zero-order valence-electron chi connectivity index (χ0n) is 18.9. The van der Waals surface area contributed by atoms with Crippen molar-refractivity contribution in [1.82, 2.24) is 15.0 Å². The third kappa shape index (κ3) is 4.64. The third-order valence-corrected chi connectivity index (χ3v) is 5.86. The lowest BCUT2D eigenvalue weighted by Gasteiger charge is -2.35. The summed E-state index contributed by atoms with van der Waals surface area (Å²) in [4.78, 5) is 18.1. The summed E-state index contributed by atoms with van der Waals surface area (Å²) in [6.07, 6.45) is -1.62. The normalized spacial score (nSPS) is 17.9. The minimum atomic E-state index is -2.74. The van der Waals surface area contributed by atoms with Crippen LogP contribution >= 0.6 is 0 Å². The van der Waals surface area contributed by atoms with Gasteiger partial charge >= 0.3 is 18.9 Å². The van der Waals surface area contributed by atoms with Gasteiger partial charge in [0.15, 0.2) is 6.33 Å². The zero-order chi connectivity index (χ0) is 23.2. The van der Waals surface area contributed by atoms with E-state index in [0.717, 1.165) is 6.33 Å². The predicted molar refractivity (Wildman–Crippen MR) is 111 cm³/mol. The Morgan fingerprint density at radius 3 is 2.26 bits per heavy atom. The second-order valence-corrected chi connectivity index (χ2v) is 9.66. The first-order valence-electron chi connectivity index (χ1n) is 10.1. The first-order chi connectivity index (χ1) is 14.2. The van der Waals surface area contributed by atoms with Crippen LogP contribution in [0.15, 0.2) is 29.0 Å². The molecule has 168 valence electrons. The predicted octanol–water partition coefficient (Wildman–Crippen LogP) is 3.75. The number of hydrogen-bond acceptors (Lipinski definition) is 6. The highest BCUT2D eigenvalue weighted by Crippen LogP contribution is 2.37. The smallest absolute Gasteiger partial charge is 0.399 e. The number of hydrogen-bond donors (Lipinski definition) is 0. The van der Waals surface area contributed by atoms with Crippen LogP contribution in [0.3, 0.4) is 0 Å². The molecule has 1 saturated heterocycles. The Hall–Kier alpha value is -2.33. The van der Waals surface area contributed by atoms with Gasteiger partial charge in [-0.3, -0.25) is 4.79 Å². The van der Waals surface area contributed by atoms with Crippen molar-refractivity contribution in [2.24, 2.45) is 0 Å². The van der Waals surface area contributed by atoms with Crippen molar-refractivity contribution in [2.75, 3.05) is 0 Å². The first kappa shape index (κ1) is 23.3. The summed E-state index contributed by atoms with van der Waals surface area (Å²) in [5.74, 6) is -0.720. The van der Waals surface area contributed by atoms with Gasteiger partial charge in [-0.15, -0.1) is 0 Å². The van der Waals surface area contributed by atoms with Crippen LogP contribution in [0.2, 0.25) is 0 Å². The monoisotopic (exact) mass is 435 g/mol. The molecule has 1 aromatic heterocycles. The third-order valence-electron chi connectivity index (χ3n) is 5.86. The molecule has 3 rings (SSSR count). The molecule has 0 radical (unpaired) electrons. The second-order valence-electron chi connectivity index (χ2n) is 9.66. The van der Waals surface area contributed by atoms with Gasteiger partial charge in [0.2, 0.25) is 0 Å². The van der Waals surface area contributed by atoms with Gasteiger partial charge in [0.1, 0.15) is 0 Å². The molecule has 10 heteroatoms. The van der Waals surface area contributed by atoms with E-state index in [0.29, 0.717) is 11.0 Å². The molecule has 1 amide bonds. The Balaban J connectivity index is 1.93. The van der Waals surface area contributed by atoms with E-state index in [9.17, 15) is 13.6 Å². The molecule has 7 nitrogen and oxygen atoms in total. The van der Waals surface area contributed by atoms with E-state index in [-0.39, 0.29) is 18.0 Å². The molecule has 0 spiro atoms. The fourth-order valence-corrected chi connectivity index (χ4v) is 3.25. The summed E-state index contributed by atoms with van der Waals surface area (Å²) < 4.78 is 44.8. The van der Waals surface area contributed by atoms with Crippen LogP contribution < -0.4 is 5.46 Å². The number of aromatic nitrogens is 2. The average molecular weight is 435 g/mol. The first-order valence-corrected chi connectivity index (χ1v) is 10.1. The van der Waals surface area contributed by atoms with Crippen molar-refractivity contribution >= 4 is 18.5 Å². The van der Waals surface area contributed by atoms with E-state index in [2.05, 4.69) is 10.1 Å². The minimum absolute atomic E-state index is 0.0476. The van der Waals surface area contributed by atoms with Crippen molar-refractivity contribution in [1.29, 1.82) is 0 Å². The molecule has 1 fully saturated rings. The molecular weight excluding hydrogens is 407 g/mol. The molecule has 0 atom stereocenters. The SMILES string of the molecule is CC(C)(C)N(Cc1ccc(B2OC(C)(C)C(C)(C)O2)cc1C(F)F)C(=O)c1ncno1. The van der Waals surface area contributed by atoms with Crippen LogP contribution in [0.25, 0.3) is 0 Å². The molecule has 2 aromatic rings. The minimum Gasteiger partial charge on any atom is -0.399 e. The van der Waals surface area contributed by atoms with Gasteiger partial charge < -0.3 is 18.7 Å². The van der Waals surface area contributed by atoms with E-state index >= 15 is 0 Å². The number of halogens is 2. The Kier molecular flexibility index (Phi) is 6.01. The van der Waals surface area contributed by atoms with Gasteiger partial charge in [0.25, 0.3) is 6.43 Å². The van der Waals surface area contributed by atoms with Gasteiger partial charge in [-0.1, -0.05) is 23.4 Å². The van der Waals surface area contributed by atoms with Gasteiger partial charge in [-0.25, -0.2) is 8.78 Å². The number of rotatable bonds is 5. The van der Waals surface area contributed by atoms with Crippen molar-refractivity contribution in [3.63, 3.8) is 0 Å². The number of carbonyl (C=O) groups excluding carboxylic acids is 1. The van der Waals surface area contributed by atoms with Crippen LogP contribution in [0.4, 0.5) is 8.78 Å². The molecule has 1 aromatic carbocycles. The maximum Gasteiger partial charge on any atom is 0.494 e. The molecule has 0 bridgehead atoms. The summed E-state index contributed by atoms with van der Waals surface area (Å²) in [6.45, 7) is 13.0. The molecule has 0 saturated carbocycles. The lowest BCUT2D eigenvalue weighted by Crippen LogP contribution is -2.45. The van der Waals surface area contributed by atoms with Crippen LogP contribution in [0, 0.1) is 0 Å². The van der Waals surface area contributed by atoms with E-state index < -0.39 is 36.2 Å². The van der Waals surface area contributed by atoms with E-state index in [4.69, 9.17) is 13.8 Å². The van der Waals surface area contributed by atoms with Crippen molar-refractivity contribution in [3.05, 3.63) is 41.5 Å². The van der Waals surface area contributed by atoms with Gasteiger partial charge in [-0.05, 0) is 59.5 Å². The molecule has 0 N–H and O–H groups in total. The van der Waals surface area contributed by atoms with Gasteiger partial charge in [0, 0.05) is 17.6 Å². The van der Waals surface area contributed by atoms with Gasteiger partial charge in [-0.2, -0.15) is 4.98 Å². The highest BCUT2D eigenvalue weighted by atomic mass is 19.3. The molecule has 0 aliphatic carbocycles. The number of alkyl halides is 2. The molecule has 1 aliphatic rings. The standard InChI is InChI=1S/C21H28BF2N3O4/c1-19(2,3)27(18(28)17-25-12-26-29-17)11-13-8-9-14(10-15(13)16(23)24)22-30-20(4,5)21(6,7)31-22/h8-10,12,16H,11H2,1-7H3. The molecular formula is C21H28BF2N3O4. The topological polar surface area (TPSA) is 77.7 Å². The van der Waals surface area contributed by atoms with E-state index in [1.807, 2.05) is 48.5 Å². The second kappa shape index (κ2) is 7.98. The van der Waals surface area contributed by atoms with Crippen LogP contribution in [-0.2, 0) is 15.9 Å².